The lowest BCUT2D eigenvalue weighted by atomic mass is 9.99. The third-order valence-corrected chi connectivity index (χ3v) is 14.2. The first-order valence-electron chi connectivity index (χ1n) is 29.3. The molecule has 3 atom stereocenters. The van der Waals surface area contributed by atoms with E-state index in [4.69, 9.17) is 0 Å². The SMILES string of the molecule is CCCCCCCCCCCCCCCCCCCCCCCCCCCCCC(=O)NC(CO)C(O)C(O)CCCCCCCCCCCCCCCCCCCCCCCC. The van der Waals surface area contributed by atoms with Gasteiger partial charge in [0.05, 0.1) is 18.8 Å². The van der Waals surface area contributed by atoms with E-state index in [0.717, 1.165) is 32.1 Å². The third kappa shape index (κ3) is 49.1. The van der Waals surface area contributed by atoms with Crippen LogP contribution in [0.2, 0.25) is 0 Å². The normalized spacial score (nSPS) is 13.2. The molecule has 0 aromatic carbocycles. The fraction of sp³-hybridized carbons (Fsp3) is 0.983. The minimum atomic E-state index is -1.13. The Morgan fingerprint density at radius 1 is 0.333 bits per heavy atom. The summed E-state index contributed by atoms with van der Waals surface area (Å²) in [6.07, 6.45) is 65.5. The van der Waals surface area contributed by atoms with Gasteiger partial charge in [0, 0.05) is 6.42 Å². The minimum Gasteiger partial charge on any atom is -0.394 e. The van der Waals surface area contributed by atoms with E-state index in [1.54, 1.807) is 0 Å². The van der Waals surface area contributed by atoms with Crippen molar-refractivity contribution in [1.82, 2.24) is 5.32 Å². The highest BCUT2D eigenvalue weighted by Gasteiger charge is 2.26. The minimum absolute atomic E-state index is 0.135. The number of carbonyl (C=O) groups excluding carboxylic acids is 1. The van der Waals surface area contributed by atoms with Crippen molar-refractivity contribution in [3.63, 3.8) is 0 Å². The molecule has 0 radical (unpaired) electrons. The topological polar surface area (TPSA) is 89.8 Å². The molecule has 4 N–H and O–H groups in total. The van der Waals surface area contributed by atoms with E-state index in [1.807, 2.05) is 0 Å². The van der Waals surface area contributed by atoms with E-state index in [-0.39, 0.29) is 12.5 Å². The number of carbonyl (C=O) groups is 1. The van der Waals surface area contributed by atoms with Gasteiger partial charge in [0.15, 0.2) is 0 Å². The molecule has 0 aliphatic carbocycles. The van der Waals surface area contributed by atoms with E-state index in [2.05, 4.69) is 19.2 Å². The lowest BCUT2D eigenvalue weighted by Crippen LogP contribution is -2.50. The summed E-state index contributed by atoms with van der Waals surface area (Å²) in [5, 5.41) is 33.8. The maximum Gasteiger partial charge on any atom is 0.220 e. The fourth-order valence-corrected chi connectivity index (χ4v) is 9.70. The number of rotatable bonds is 55. The van der Waals surface area contributed by atoms with Crippen LogP contribution in [0.5, 0.6) is 0 Å². The molecule has 5 heteroatoms. The molecule has 0 aliphatic rings. The maximum absolute atomic E-state index is 12.5. The van der Waals surface area contributed by atoms with Crippen LogP contribution in [-0.4, -0.2) is 46.1 Å². The van der Waals surface area contributed by atoms with E-state index in [9.17, 15) is 20.1 Å². The summed E-state index contributed by atoms with van der Waals surface area (Å²) in [6.45, 7) is 4.23. The molecule has 0 bridgehead atoms. The van der Waals surface area contributed by atoms with Crippen molar-refractivity contribution in [3.05, 3.63) is 0 Å². The van der Waals surface area contributed by atoms with E-state index >= 15 is 0 Å². The zero-order valence-electron chi connectivity index (χ0n) is 43.3. The van der Waals surface area contributed by atoms with Crippen LogP contribution in [0, 0.1) is 0 Å². The average molecular weight is 893 g/mol. The number of unbranched alkanes of at least 4 members (excludes halogenated alkanes) is 47. The second-order valence-electron chi connectivity index (χ2n) is 20.6. The van der Waals surface area contributed by atoms with Gasteiger partial charge in [0.25, 0.3) is 0 Å². The molecule has 0 aromatic heterocycles. The number of hydrogen-bond donors (Lipinski definition) is 4. The molecule has 0 aromatic rings. The number of nitrogens with one attached hydrogen (secondary N) is 1. The zero-order chi connectivity index (χ0) is 45.8. The first-order valence-corrected chi connectivity index (χ1v) is 29.3. The van der Waals surface area contributed by atoms with Crippen molar-refractivity contribution < 1.29 is 20.1 Å². The van der Waals surface area contributed by atoms with Crippen molar-refractivity contribution in [3.8, 4) is 0 Å². The fourth-order valence-electron chi connectivity index (χ4n) is 9.70. The smallest absolute Gasteiger partial charge is 0.220 e. The second-order valence-corrected chi connectivity index (χ2v) is 20.6. The highest BCUT2D eigenvalue weighted by atomic mass is 16.3. The summed E-state index contributed by atoms with van der Waals surface area (Å²) >= 11 is 0. The zero-order valence-corrected chi connectivity index (χ0v) is 43.3. The van der Waals surface area contributed by atoms with Gasteiger partial charge in [0.2, 0.25) is 5.91 Å². The first-order chi connectivity index (χ1) is 31.1. The molecular weight excluding hydrogens is 775 g/mol. The van der Waals surface area contributed by atoms with Gasteiger partial charge in [-0.3, -0.25) is 4.79 Å². The van der Waals surface area contributed by atoms with Crippen molar-refractivity contribution in [2.45, 2.75) is 360 Å². The number of aliphatic hydroxyl groups is 3. The lowest BCUT2D eigenvalue weighted by molar-refractivity contribution is -0.124. The summed E-state index contributed by atoms with van der Waals surface area (Å²) in [5.41, 5.74) is 0. The molecule has 5 nitrogen and oxygen atoms in total. The quantitative estimate of drug-likeness (QED) is 0.0458. The Morgan fingerprint density at radius 3 is 0.762 bits per heavy atom. The van der Waals surface area contributed by atoms with Gasteiger partial charge in [0.1, 0.15) is 6.10 Å². The summed E-state index contributed by atoms with van der Waals surface area (Å²) in [5.74, 6) is -0.135. The van der Waals surface area contributed by atoms with Gasteiger partial charge < -0.3 is 20.6 Å². The summed E-state index contributed by atoms with van der Waals surface area (Å²) in [7, 11) is 0. The Hall–Kier alpha value is -0.650. The average Bonchev–Trinajstić information content (AvgIpc) is 3.29. The molecule has 63 heavy (non-hydrogen) atoms. The van der Waals surface area contributed by atoms with E-state index in [1.165, 1.54) is 283 Å². The van der Waals surface area contributed by atoms with Gasteiger partial charge in [-0.2, -0.15) is 0 Å². The molecule has 3 unspecified atom stereocenters. The molecule has 0 aliphatic heterocycles. The molecule has 378 valence electrons. The Bertz CT molecular complexity index is 853. The van der Waals surface area contributed by atoms with Crippen LogP contribution in [0.3, 0.4) is 0 Å². The standard InChI is InChI=1S/C58H117NO4/c1-3-5-7-9-11-13-15-17-19-21-23-25-27-28-29-30-31-33-35-37-39-41-43-45-47-49-51-53-57(62)59-55(54-60)58(63)56(61)52-50-48-46-44-42-40-38-36-34-32-26-24-22-20-18-16-14-12-10-8-6-4-2/h55-56,58,60-61,63H,3-54H2,1-2H3,(H,59,62). The molecule has 0 rings (SSSR count). The number of aliphatic hydroxyl groups excluding tert-OH is 3. The van der Waals surface area contributed by atoms with Crippen molar-refractivity contribution in [1.29, 1.82) is 0 Å². The van der Waals surface area contributed by atoms with Gasteiger partial charge >= 0.3 is 0 Å². The Morgan fingerprint density at radius 2 is 0.540 bits per heavy atom. The number of hydrogen-bond acceptors (Lipinski definition) is 4. The predicted octanol–water partition coefficient (Wildman–Crippen LogP) is 18.1. The van der Waals surface area contributed by atoms with Crippen molar-refractivity contribution >= 4 is 5.91 Å². The van der Waals surface area contributed by atoms with Gasteiger partial charge in [-0.25, -0.2) is 0 Å². The van der Waals surface area contributed by atoms with Crippen LogP contribution in [0.1, 0.15) is 341 Å². The van der Waals surface area contributed by atoms with Crippen LogP contribution in [0.4, 0.5) is 0 Å². The van der Waals surface area contributed by atoms with Crippen LogP contribution in [0.15, 0.2) is 0 Å². The third-order valence-electron chi connectivity index (χ3n) is 14.2. The van der Waals surface area contributed by atoms with E-state index < -0.39 is 18.2 Å². The van der Waals surface area contributed by atoms with Gasteiger partial charge in [-0.1, -0.05) is 322 Å². The highest BCUT2D eigenvalue weighted by Crippen LogP contribution is 2.19. The molecule has 0 fully saturated rings. The largest absolute Gasteiger partial charge is 0.394 e. The summed E-state index contributed by atoms with van der Waals surface area (Å²) < 4.78 is 0. The summed E-state index contributed by atoms with van der Waals surface area (Å²) in [6, 6.07) is -0.805. The molecule has 0 heterocycles. The maximum atomic E-state index is 12.5. The van der Waals surface area contributed by atoms with Gasteiger partial charge in [-0.15, -0.1) is 0 Å². The molecule has 0 spiro atoms. The Kier molecular flexibility index (Phi) is 53.4. The van der Waals surface area contributed by atoms with Crippen LogP contribution in [0.25, 0.3) is 0 Å². The predicted molar refractivity (Wildman–Crippen MR) is 278 cm³/mol. The molecule has 1 amide bonds. The Labute approximate surface area is 396 Å². The van der Waals surface area contributed by atoms with E-state index in [0.29, 0.717) is 12.8 Å². The van der Waals surface area contributed by atoms with Crippen LogP contribution in [-0.2, 0) is 4.79 Å². The van der Waals surface area contributed by atoms with Crippen LogP contribution < -0.4 is 5.32 Å². The first kappa shape index (κ1) is 62.4. The van der Waals surface area contributed by atoms with Crippen molar-refractivity contribution in [2.75, 3.05) is 6.61 Å². The van der Waals surface area contributed by atoms with Crippen molar-refractivity contribution in [2.24, 2.45) is 0 Å². The van der Waals surface area contributed by atoms with Gasteiger partial charge in [-0.05, 0) is 12.8 Å². The molecular formula is C58H117NO4. The van der Waals surface area contributed by atoms with Crippen LogP contribution >= 0.6 is 0 Å². The molecule has 0 saturated carbocycles. The second kappa shape index (κ2) is 54.0. The lowest BCUT2D eigenvalue weighted by Gasteiger charge is -2.26. The monoisotopic (exact) mass is 892 g/mol. The Balaban J connectivity index is 3.48. The number of amides is 1. The molecule has 0 saturated heterocycles. The highest BCUT2D eigenvalue weighted by molar-refractivity contribution is 5.76. The summed E-state index contributed by atoms with van der Waals surface area (Å²) in [4.78, 5) is 12.5.